The van der Waals surface area contributed by atoms with Gasteiger partial charge in [0.2, 0.25) is 0 Å². The lowest BCUT2D eigenvalue weighted by molar-refractivity contribution is 0.0626. The summed E-state index contributed by atoms with van der Waals surface area (Å²) in [7, 11) is 5.42. The summed E-state index contributed by atoms with van der Waals surface area (Å²) in [6.45, 7) is 4.16. The molecule has 1 heterocycles. The van der Waals surface area contributed by atoms with E-state index in [2.05, 4.69) is 38.4 Å². The minimum atomic E-state index is 0.0428. The summed E-state index contributed by atoms with van der Waals surface area (Å²) in [5, 5.41) is 7.11. The molecule has 1 aliphatic carbocycles. The van der Waals surface area contributed by atoms with Gasteiger partial charge >= 0.3 is 0 Å². The minimum Gasteiger partial charge on any atom is -0.356 e. The van der Waals surface area contributed by atoms with E-state index in [-0.39, 0.29) is 11.4 Å². The van der Waals surface area contributed by atoms with Crippen molar-refractivity contribution in [2.75, 3.05) is 58.8 Å². The van der Waals surface area contributed by atoms with Crippen LogP contribution in [0.3, 0.4) is 0 Å². The third-order valence-corrected chi connectivity index (χ3v) is 7.50. The van der Waals surface area contributed by atoms with Gasteiger partial charge in [-0.1, -0.05) is 31.4 Å². The first kappa shape index (κ1) is 23.9. The molecular formula is C24H39N5OS. The Balaban J connectivity index is 1.52. The highest BCUT2D eigenvalue weighted by Crippen LogP contribution is 2.34. The lowest BCUT2D eigenvalue weighted by Gasteiger charge is -2.48. The Hall–Kier alpha value is -1.73. The van der Waals surface area contributed by atoms with E-state index in [9.17, 15) is 4.79 Å². The molecule has 1 saturated heterocycles. The van der Waals surface area contributed by atoms with Gasteiger partial charge in [-0.25, -0.2) is 0 Å². The molecule has 3 rings (SSSR count). The number of hydrogen-bond acceptors (Lipinski definition) is 4. The number of guanidine groups is 1. The molecule has 1 aliphatic heterocycles. The van der Waals surface area contributed by atoms with E-state index in [1.165, 1.54) is 56.7 Å². The summed E-state index contributed by atoms with van der Waals surface area (Å²) in [6.07, 6.45) is 7.46. The number of amides is 1. The number of nitrogens with zero attached hydrogens (tertiary/aromatic N) is 3. The molecule has 1 aromatic carbocycles. The summed E-state index contributed by atoms with van der Waals surface area (Å²) in [5.74, 6) is 3.42. The molecular weight excluding hydrogens is 406 g/mol. The predicted molar refractivity (Wildman–Crippen MR) is 132 cm³/mol. The van der Waals surface area contributed by atoms with Gasteiger partial charge < -0.3 is 15.5 Å². The lowest BCUT2D eigenvalue weighted by atomic mass is 9.80. The van der Waals surface area contributed by atoms with Crippen LogP contribution in [0.5, 0.6) is 0 Å². The van der Waals surface area contributed by atoms with Gasteiger partial charge in [0.25, 0.3) is 5.91 Å². The Morgan fingerprint density at radius 1 is 1.16 bits per heavy atom. The number of hydrogen-bond donors (Lipinski definition) is 2. The molecule has 172 valence electrons. The highest BCUT2D eigenvalue weighted by molar-refractivity contribution is 7.99. The molecule has 0 atom stereocenters. The third-order valence-electron chi connectivity index (χ3n) is 6.56. The molecule has 0 unspecified atom stereocenters. The van der Waals surface area contributed by atoms with Crippen molar-refractivity contribution in [1.82, 2.24) is 20.4 Å². The molecule has 1 aromatic rings. The Morgan fingerprint density at radius 2 is 1.90 bits per heavy atom. The van der Waals surface area contributed by atoms with Crippen LogP contribution in [0.2, 0.25) is 0 Å². The van der Waals surface area contributed by atoms with Crippen molar-refractivity contribution in [1.29, 1.82) is 0 Å². The maximum atomic E-state index is 12.2. The minimum absolute atomic E-state index is 0.0428. The third kappa shape index (κ3) is 6.62. The molecule has 1 saturated carbocycles. The van der Waals surface area contributed by atoms with E-state index in [0.717, 1.165) is 36.6 Å². The first-order chi connectivity index (χ1) is 15.0. The van der Waals surface area contributed by atoms with Crippen LogP contribution >= 0.6 is 11.8 Å². The second-order valence-electron chi connectivity index (χ2n) is 8.89. The quantitative estimate of drug-likeness (QED) is 0.499. The molecule has 0 bridgehead atoms. The van der Waals surface area contributed by atoms with Gasteiger partial charge in [0, 0.05) is 69.9 Å². The Morgan fingerprint density at radius 3 is 2.58 bits per heavy atom. The van der Waals surface area contributed by atoms with Crippen molar-refractivity contribution >= 4 is 23.6 Å². The van der Waals surface area contributed by atoms with Crippen LogP contribution in [0.15, 0.2) is 29.3 Å². The zero-order valence-corrected chi connectivity index (χ0v) is 20.3. The van der Waals surface area contributed by atoms with E-state index >= 15 is 0 Å². The Labute approximate surface area is 192 Å². The van der Waals surface area contributed by atoms with Crippen LogP contribution in [0.25, 0.3) is 0 Å². The number of rotatable bonds is 7. The molecule has 31 heavy (non-hydrogen) atoms. The first-order valence-electron chi connectivity index (χ1n) is 11.6. The highest BCUT2D eigenvalue weighted by atomic mass is 32.2. The van der Waals surface area contributed by atoms with Gasteiger partial charge in [0.1, 0.15) is 0 Å². The summed E-state index contributed by atoms with van der Waals surface area (Å²) in [6, 6.07) is 7.91. The number of nitrogens with one attached hydrogen (secondary N) is 2. The average Bonchev–Trinajstić information content (AvgIpc) is 2.82. The first-order valence-corrected chi connectivity index (χ1v) is 12.8. The topological polar surface area (TPSA) is 60.0 Å². The van der Waals surface area contributed by atoms with Gasteiger partial charge in [0.05, 0.1) is 0 Å². The smallest absolute Gasteiger partial charge is 0.253 e. The highest BCUT2D eigenvalue weighted by Gasteiger charge is 2.38. The van der Waals surface area contributed by atoms with E-state index < -0.39 is 0 Å². The predicted octanol–water partition coefficient (Wildman–Crippen LogP) is 2.85. The number of benzene rings is 1. The molecule has 1 amide bonds. The maximum absolute atomic E-state index is 12.2. The van der Waals surface area contributed by atoms with Gasteiger partial charge in [-0.3, -0.25) is 14.7 Å². The number of carbonyl (C=O) groups excluding carboxylic acids is 1. The van der Waals surface area contributed by atoms with Crippen molar-refractivity contribution in [3.8, 4) is 0 Å². The lowest BCUT2D eigenvalue weighted by Crippen LogP contribution is -2.59. The van der Waals surface area contributed by atoms with Crippen molar-refractivity contribution in [2.24, 2.45) is 4.99 Å². The molecule has 0 spiro atoms. The SMILES string of the molecule is CN=C(NCCc1cccc(C(=O)N(C)C)c1)NCC1(N2CCSCC2)CCCCC1. The van der Waals surface area contributed by atoms with Crippen LogP contribution in [0, 0.1) is 0 Å². The fraction of sp³-hybridized carbons (Fsp3) is 0.667. The molecule has 2 aliphatic rings. The van der Waals surface area contributed by atoms with Crippen molar-refractivity contribution in [3.05, 3.63) is 35.4 Å². The van der Waals surface area contributed by atoms with Crippen LogP contribution in [0.4, 0.5) is 0 Å². The van der Waals surface area contributed by atoms with Gasteiger partial charge in [-0.2, -0.15) is 11.8 Å². The van der Waals surface area contributed by atoms with Gasteiger partial charge in [0.15, 0.2) is 5.96 Å². The molecule has 2 fully saturated rings. The van der Waals surface area contributed by atoms with E-state index in [1.807, 2.05) is 25.2 Å². The second-order valence-corrected chi connectivity index (χ2v) is 10.1. The maximum Gasteiger partial charge on any atom is 0.253 e. The van der Waals surface area contributed by atoms with Crippen LogP contribution in [-0.4, -0.2) is 86.0 Å². The van der Waals surface area contributed by atoms with Crippen LogP contribution in [-0.2, 0) is 6.42 Å². The second kappa shape index (κ2) is 11.8. The van der Waals surface area contributed by atoms with E-state index in [4.69, 9.17) is 0 Å². The fourth-order valence-corrected chi connectivity index (χ4v) is 5.67. The number of carbonyl (C=O) groups is 1. The van der Waals surface area contributed by atoms with Crippen LogP contribution < -0.4 is 10.6 Å². The number of thioether (sulfide) groups is 1. The van der Waals surface area contributed by atoms with Gasteiger partial charge in [-0.15, -0.1) is 0 Å². The Kier molecular flexibility index (Phi) is 9.08. The summed E-state index contributed by atoms with van der Waals surface area (Å²) < 4.78 is 0. The average molecular weight is 446 g/mol. The molecule has 7 heteroatoms. The standard InChI is InChI=1S/C24H39N5OS/c1-25-23(26-13-10-20-8-7-9-21(18-20)22(30)28(2)3)27-19-24(11-5-4-6-12-24)29-14-16-31-17-15-29/h7-9,18H,4-6,10-17,19H2,1-3H3,(H2,25,26,27). The summed E-state index contributed by atoms with van der Waals surface area (Å²) >= 11 is 2.08. The van der Waals surface area contributed by atoms with Crippen molar-refractivity contribution in [2.45, 2.75) is 44.1 Å². The zero-order valence-electron chi connectivity index (χ0n) is 19.5. The summed E-state index contributed by atoms with van der Waals surface area (Å²) in [4.78, 5) is 21.0. The largest absolute Gasteiger partial charge is 0.356 e. The monoisotopic (exact) mass is 445 g/mol. The van der Waals surface area contributed by atoms with Crippen LogP contribution in [0.1, 0.15) is 48.0 Å². The molecule has 0 aromatic heterocycles. The Bertz CT molecular complexity index is 739. The number of aliphatic imine (C=N–C) groups is 1. The van der Waals surface area contributed by atoms with Gasteiger partial charge in [-0.05, 0) is 37.0 Å². The molecule has 2 N–H and O–H groups in total. The van der Waals surface area contributed by atoms with E-state index in [1.54, 1.807) is 19.0 Å². The zero-order chi connectivity index (χ0) is 22.1. The molecule has 0 radical (unpaired) electrons. The normalized spacial score (nSPS) is 19.6. The van der Waals surface area contributed by atoms with Crippen molar-refractivity contribution in [3.63, 3.8) is 0 Å². The van der Waals surface area contributed by atoms with E-state index in [0.29, 0.717) is 0 Å². The van der Waals surface area contributed by atoms with Crippen molar-refractivity contribution < 1.29 is 4.79 Å². The fourth-order valence-electron chi connectivity index (χ4n) is 4.76. The summed E-state index contributed by atoms with van der Waals surface area (Å²) in [5.41, 5.74) is 2.17. The molecule has 6 nitrogen and oxygen atoms in total.